The number of carboxylic acid groups (broad SMARTS) is 2. The molecule has 0 aromatic rings. The number of rotatable bonds is 6. The molecule has 1 aliphatic carbocycles. The van der Waals surface area contributed by atoms with Crippen LogP contribution in [-0.2, 0) is 19.2 Å². The van der Waals surface area contributed by atoms with E-state index in [0.717, 1.165) is 0 Å². The van der Waals surface area contributed by atoms with Crippen molar-refractivity contribution in [3.63, 3.8) is 0 Å². The summed E-state index contributed by atoms with van der Waals surface area (Å²) in [6.07, 6.45) is 0.296. The molecular formula is C12H18N2O6. The van der Waals surface area contributed by atoms with Gasteiger partial charge < -0.3 is 20.8 Å². The Kier molecular flexibility index (Phi) is 5.06. The summed E-state index contributed by atoms with van der Waals surface area (Å²) < 4.78 is 0. The monoisotopic (exact) mass is 286 g/mol. The maximum atomic E-state index is 11.4. The molecule has 8 heteroatoms. The van der Waals surface area contributed by atoms with E-state index in [1.165, 1.54) is 0 Å². The molecular weight excluding hydrogens is 268 g/mol. The van der Waals surface area contributed by atoms with Gasteiger partial charge in [-0.1, -0.05) is 13.8 Å². The number of amides is 2. The van der Waals surface area contributed by atoms with Gasteiger partial charge in [-0.25, -0.2) is 0 Å². The SMILES string of the molecule is CCC(=O)NC1C(NC(=O)CC)C(C(=O)O)C1C(=O)O. The van der Waals surface area contributed by atoms with E-state index < -0.39 is 35.9 Å². The fourth-order valence-corrected chi connectivity index (χ4v) is 2.30. The smallest absolute Gasteiger partial charge is 0.309 e. The van der Waals surface area contributed by atoms with Gasteiger partial charge in [0.25, 0.3) is 0 Å². The van der Waals surface area contributed by atoms with Gasteiger partial charge in [-0.05, 0) is 0 Å². The molecule has 0 radical (unpaired) electrons. The molecule has 1 saturated carbocycles. The van der Waals surface area contributed by atoms with Crippen molar-refractivity contribution >= 4 is 23.8 Å². The number of carbonyl (C=O) groups excluding carboxylic acids is 2. The van der Waals surface area contributed by atoms with Crippen LogP contribution < -0.4 is 10.6 Å². The van der Waals surface area contributed by atoms with E-state index >= 15 is 0 Å². The minimum Gasteiger partial charge on any atom is -0.481 e. The van der Waals surface area contributed by atoms with Crippen molar-refractivity contribution in [3.05, 3.63) is 0 Å². The van der Waals surface area contributed by atoms with Crippen LogP contribution in [0.2, 0.25) is 0 Å². The number of aliphatic carboxylic acids is 2. The van der Waals surface area contributed by atoms with Gasteiger partial charge in [0.05, 0.1) is 23.9 Å². The second-order valence-electron chi connectivity index (χ2n) is 4.62. The number of hydrogen-bond donors (Lipinski definition) is 4. The van der Waals surface area contributed by atoms with Gasteiger partial charge in [0, 0.05) is 12.8 Å². The summed E-state index contributed by atoms with van der Waals surface area (Å²) in [6, 6.07) is -1.81. The lowest BCUT2D eigenvalue weighted by Gasteiger charge is -2.47. The Balaban J connectivity index is 2.94. The molecule has 0 aliphatic heterocycles. The van der Waals surface area contributed by atoms with Crippen LogP contribution in [0.4, 0.5) is 0 Å². The van der Waals surface area contributed by atoms with Crippen molar-refractivity contribution in [2.45, 2.75) is 38.8 Å². The van der Waals surface area contributed by atoms with Crippen LogP contribution in [0.15, 0.2) is 0 Å². The minimum atomic E-state index is -1.30. The quantitative estimate of drug-likeness (QED) is 0.505. The van der Waals surface area contributed by atoms with Crippen molar-refractivity contribution in [3.8, 4) is 0 Å². The highest BCUT2D eigenvalue weighted by Crippen LogP contribution is 2.36. The van der Waals surface area contributed by atoms with Crippen LogP contribution in [0, 0.1) is 11.8 Å². The van der Waals surface area contributed by atoms with E-state index in [2.05, 4.69) is 10.6 Å². The Bertz CT molecular complexity index is 396. The molecule has 0 spiro atoms. The van der Waals surface area contributed by atoms with Crippen molar-refractivity contribution in [2.75, 3.05) is 0 Å². The van der Waals surface area contributed by atoms with Crippen LogP contribution in [0.25, 0.3) is 0 Å². The highest BCUT2D eigenvalue weighted by molar-refractivity contribution is 5.87. The molecule has 2 amide bonds. The molecule has 0 aromatic heterocycles. The Hall–Kier alpha value is -2.12. The van der Waals surface area contributed by atoms with Crippen molar-refractivity contribution in [2.24, 2.45) is 11.8 Å². The number of nitrogens with one attached hydrogen (secondary N) is 2. The normalized spacial score (nSPS) is 28.1. The van der Waals surface area contributed by atoms with E-state index in [0.29, 0.717) is 0 Å². The highest BCUT2D eigenvalue weighted by atomic mass is 16.4. The largest absolute Gasteiger partial charge is 0.481 e. The second kappa shape index (κ2) is 6.36. The molecule has 1 aliphatic rings. The zero-order chi connectivity index (χ0) is 15.4. The van der Waals surface area contributed by atoms with Gasteiger partial charge in [0.1, 0.15) is 0 Å². The second-order valence-corrected chi connectivity index (χ2v) is 4.62. The average Bonchev–Trinajstić information content (AvgIpc) is 2.37. The van der Waals surface area contributed by atoms with E-state index in [4.69, 9.17) is 10.2 Å². The lowest BCUT2D eigenvalue weighted by atomic mass is 9.64. The van der Waals surface area contributed by atoms with Gasteiger partial charge in [-0.15, -0.1) is 0 Å². The Labute approximate surface area is 115 Å². The summed E-state index contributed by atoms with van der Waals surface area (Å²) in [4.78, 5) is 45.1. The van der Waals surface area contributed by atoms with Crippen LogP contribution in [0.1, 0.15) is 26.7 Å². The molecule has 4 unspecified atom stereocenters. The molecule has 4 atom stereocenters. The molecule has 20 heavy (non-hydrogen) atoms. The molecule has 0 aromatic carbocycles. The van der Waals surface area contributed by atoms with Gasteiger partial charge in [-0.3, -0.25) is 19.2 Å². The maximum absolute atomic E-state index is 11.4. The number of hydrogen-bond acceptors (Lipinski definition) is 4. The lowest BCUT2D eigenvalue weighted by Crippen LogP contribution is -2.72. The average molecular weight is 286 g/mol. The van der Waals surface area contributed by atoms with Crippen molar-refractivity contribution in [1.29, 1.82) is 0 Å². The molecule has 0 bridgehead atoms. The fraction of sp³-hybridized carbons (Fsp3) is 0.667. The van der Waals surface area contributed by atoms with E-state index in [1.54, 1.807) is 13.8 Å². The Morgan fingerprint density at radius 1 is 0.800 bits per heavy atom. The topological polar surface area (TPSA) is 133 Å². The van der Waals surface area contributed by atoms with Crippen LogP contribution in [0.3, 0.4) is 0 Å². The maximum Gasteiger partial charge on any atom is 0.309 e. The number of carboxylic acids is 2. The fourth-order valence-electron chi connectivity index (χ4n) is 2.30. The zero-order valence-electron chi connectivity index (χ0n) is 11.3. The third-order valence-corrected chi connectivity index (χ3v) is 3.42. The van der Waals surface area contributed by atoms with Crippen LogP contribution in [0.5, 0.6) is 0 Å². The van der Waals surface area contributed by atoms with E-state index in [1.807, 2.05) is 0 Å². The molecule has 4 N–H and O–H groups in total. The Morgan fingerprint density at radius 2 is 1.10 bits per heavy atom. The lowest BCUT2D eigenvalue weighted by molar-refractivity contribution is -0.167. The highest BCUT2D eigenvalue weighted by Gasteiger charge is 2.59. The summed E-state index contributed by atoms with van der Waals surface area (Å²) in [6.45, 7) is 3.19. The minimum absolute atomic E-state index is 0.148. The summed E-state index contributed by atoms with van der Waals surface area (Å²) in [5, 5.41) is 23.1. The van der Waals surface area contributed by atoms with Crippen LogP contribution in [-0.4, -0.2) is 46.0 Å². The molecule has 1 rings (SSSR count). The first-order chi connectivity index (χ1) is 9.33. The predicted molar refractivity (Wildman–Crippen MR) is 66.7 cm³/mol. The summed E-state index contributed by atoms with van der Waals surface area (Å²) in [5.74, 6) is -5.88. The standard InChI is InChI=1S/C12H18N2O6/c1-3-5(15)13-9-7(11(17)18)8(12(19)20)10(9)14-6(16)4-2/h7-10H,3-4H2,1-2H3,(H,13,15)(H,14,16)(H,17,18)(H,19,20). The first kappa shape index (κ1) is 15.9. The summed E-state index contributed by atoms with van der Waals surface area (Å²) in [7, 11) is 0. The molecule has 8 nitrogen and oxygen atoms in total. The van der Waals surface area contributed by atoms with Crippen molar-refractivity contribution < 1.29 is 29.4 Å². The van der Waals surface area contributed by atoms with Gasteiger partial charge in [0.2, 0.25) is 11.8 Å². The van der Waals surface area contributed by atoms with Gasteiger partial charge in [0.15, 0.2) is 0 Å². The predicted octanol–water partition coefficient (Wildman–Crippen LogP) is -0.809. The first-order valence-electron chi connectivity index (χ1n) is 6.37. The van der Waals surface area contributed by atoms with Gasteiger partial charge >= 0.3 is 11.9 Å². The van der Waals surface area contributed by atoms with Crippen LogP contribution >= 0.6 is 0 Å². The van der Waals surface area contributed by atoms with E-state index in [-0.39, 0.29) is 24.7 Å². The number of carbonyl (C=O) groups is 4. The van der Waals surface area contributed by atoms with E-state index in [9.17, 15) is 19.2 Å². The van der Waals surface area contributed by atoms with Crippen molar-refractivity contribution in [1.82, 2.24) is 10.6 Å². The molecule has 0 saturated heterocycles. The zero-order valence-corrected chi connectivity index (χ0v) is 11.3. The first-order valence-corrected chi connectivity index (χ1v) is 6.37. The third-order valence-electron chi connectivity index (χ3n) is 3.42. The van der Waals surface area contributed by atoms with Gasteiger partial charge in [-0.2, -0.15) is 0 Å². The molecule has 1 fully saturated rings. The molecule has 112 valence electrons. The summed E-state index contributed by atoms with van der Waals surface area (Å²) in [5.41, 5.74) is 0. The summed E-state index contributed by atoms with van der Waals surface area (Å²) >= 11 is 0. The molecule has 0 heterocycles. The third kappa shape index (κ3) is 3.06. The Morgan fingerprint density at radius 3 is 1.30 bits per heavy atom.